The Morgan fingerprint density at radius 3 is 2.55 bits per heavy atom. The number of fused-ring (bicyclic) bond motifs is 1. The van der Waals surface area contributed by atoms with E-state index in [-0.39, 0.29) is 35.5 Å². The van der Waals surface area contributed by atoms with Gasteiger partial charge >= 0.3 is 5.97 Å². The van der Waals surface area contributed by atoms with E-state index in [9.17, 15) is 14.7 Å². The van der Waals surface area contributed by atoms with Crippen molar-refractivity contribution in [2.24, 2.45) is 17.4 Å². The van der Waals surface area contributed by atoms with Crippen LogP contribution in [0.15, 0.2) is 17.1 Å². The minimum atomic E-state index is -1.30. The lowest BCUT2D eigenvalue weighted by Gasteiger charge is -2.27. The summed E-state index contributed by atoms with van der Waals surface area (Å²) >= 11 is 0. The number of anilines is 1. The number of aromatic carboxylic acids is 1. The molecule has 5 N–H and O–H groups in total. The highest BCUT2D eigenvalue weighted by Crippen LogP contribution is 2.44. The zero-order valence-corrected chi connectivity index (χ0v) is 18.5. The van der Waals surface area contributed by atoms with Crippen LogP contribution in [0.2, 0.25) is 0 Å². The molecule has 9 heteroatoms. The SMILES string of the molecule is C#C[C@@H]1CN(C2CN(c3c(F)cn4c(=O)c(C(=O)O)cc(C5CC5)c4c3C)CC2N)C[C@@H]1N. The van der Waals surface area contributed by atoms with E-state index >= 15 is 4.39 Å². The smallest absolute Gasteiger partial charge is 0.341 e. The lowest BCUT2D eigenvalue weighted by Crippen LogP contribution is -2.46. The molecule has 2 aromatic rings. The van der Waals surface area contributed by atoms with Crippen LogP contribution in [0.5, 0.6) is 0 Å². The van der Waals surface area contributed by atoms with Gasteiger partial charge in [-0.3, -0.25) is 14.1 Å². The van der Waals surface area contributed by atoms with E-state index in [0.717, 1.165) is 29.0 Å². The molecule has 1 aliphatic carbocycles. The lowest BCUT2D eigenvalue weighted by molar-refractivity contribution is 0.0694. The van der Waals surface area contributed by atoms with Gasteiger partial charge in [-0.2, -0.15) is 0 Å². The van der Waals surface area contributed by atoms with Crippen LogP contribution < -0.4 is 21.9 Å². The first-order valence-electron chi connectivity index (χ1n) is 11.3. The van der Waals surface area contributed by atoms with E-state index in [1.54, 1.807) is 6.92 Å². The summed E-state index contributed by atoms with van der Waals surface area (Å²) in [4.78, 5) is 28.6. The highest BCUT2D eigenvalue weighted by molar-refractivity contribution is 5.89. The Labute approximate surface area is 190 Å². The molecule has 1 saturated carbocycles. The minimum absolute atomic E-state index is 0.0103. The summed E-state index contributed by atoms with van der Waals surface area (Å²) in [5, 5.41) is 9.48. The van der Waals surface area contributed by atoms with Crippen LogP contribution in [0.3, 0.4) is 0 Å². The van der Waals surface area contributed by atoms with Crippen LogP contribution in [0.1, 0.15) is 40.2 Å². The number of pyridine rings is 2. The molecule has 0 aromatic carbocycles. The van der Waals surface area contributed by atoms with Crippen LogP contribution >= 0.6 is 0 Å². The Balaban J connectivity index is 1.56. The molecule has 0 radical (unpaired) electrons. The van der Waals surface area contributed by atoms with Crippen molar-refractivity contribution in [3.8, 4) is 12.3 Å². The van der Waals surface area contributed by atoms with Crippen LogP contribution in [0.25, 0.3) is 5.52 Å². The summed E-state index contributed by atoms with van der Waals surface area (Å²) in [6, 6.07) is 1.15. The number of likely N-dealkylation sites (tertiary alicyclic amines) is 1. The van der Waals surface area contributed by atoms with Crippen molar-refractivity contribution in [2.45, 2.75) is 43.8 Å². The van der Waals surface area contributed by atoms with Gasteiger partial charge in [0.2, 0.25) is 0 Å². The molecule has 2 saturated heterocycles. The highest BCUT2D eigenvalue weighted by atomic mass is 19.1. The fraction of sp³-hybridized carbons (Fsp3) is 0.500. The Bertz CT molecular complexity index is 1250. The molecule has 33 heavy (non-hydrogen) atoms. The van der Waals surface area contributed by atoms with E-state index < -0.39 is 17.3 Å². The molecule has 3 fully saturated rings. The summed E-state index contributed by atoms with van der Waals surface area (Å²) in [6.07, 6.45) is 8.56. The quantitative estimate of drug-likeness (QED) is 0.585. The predicted molar refractivity (Wildman–Crippen MR) is 123 cm³/mol. The van der Waals surface area contributed by atoms with E-state index in [0.29, 0.717) is 42.9 Å². The largest absolute Gasteiger partial charge is 0.477 e. The maximum Gasteiger partial charge on any atom is 0.341 e. The number of halogens is 1. The summed E-state index contributed by atoms with van der Waals surface area (Å²) < 4.78 is 16.6. The second-order valence-corrected chi connectivity index (χ2v) is 9.59. The maximum absolute atomic E-state index is 15.5. The van der Waals surface area contributed by atoms with Gasteiger partial charge in [0.25, 0.3) is 5.56 Å². The second kappa shape index (κ2) is 7.83. The van der Waals surface area contributed by atoms with Gasteiger partial charge in [0.05, 0.1) is 17.4 Å². The van der Waals surface area contributed by atoms with Crippen molar-refractivity contribution >= 4 is 17.2 Å². The van der Waals surface area contributed by atoms with Crippen LogP contribution in [0, 0.1) is 31.0 Å². The van der Waals surface area contributed by atoms with Gasteiger partial charge in [0, 0.05) is 50.2 Å². The van der Waals surface area contributed by atoms with Crippen molar-refractivity contribution in [3.05, 3.63) is 45.1 Å². The van der Waals surface area contributed by atoms with E-state index in [1.165, 1.54) is 6.07 Å². The van der Waals surface area contributed by atoms with Gasteiger partial charge < -0.3 is 21.5 Å². The van der Waals surface area contributed by atoms with Crippen molar-refractivity contribution in [1.82, 2.24) is 9.30 Å². The molecule has 2 aromatic heterocycles. The second-order valence-electron chi connectivity index (χ2n) is 9.59. The molecule has 5 rings (SSSR count). The third-order valence-corrected chi connectivity index (χ3v) is 7.42. The first kappa shape index (κ1) is 21.9. The average Bonchev–Trinajstić information content (AvgIpc) is 3.44. The molecule has 0 spiro atoms. The monoisotopic (exact) mass is 453 g/mol. The standard InChI is InChI=1S/C24H28FN5O3/c1-3-13-7-28(9-18(13)26)20-11-29(10-19(20)27)22-12(2)21-15(14-4-5-14)6-16(24(32)33)23(31)30(21)8-17(22)25/h1,6,8,13-14,18-20H,4-5,7,9-11,26-27H2,2H3,(H,32,33)/t13-,18+,19?,20?/m1/s1. The van der Waals surface area contributed by atoms with Gasteiger partial charge in [-0.25, -0.2) is 9.18 Å². The van der Waals surface area contributed by atoms with Gasteiger partial charge in [-0.15, -0.1) is 12.3 Å². The summed E-state index contributed by atoms with van der Waals surface area (Å²) in [5.41, 5.74) is 14.0. The molecule has 0 amide bonds. The molecule has 8 nitrogen and oxygen atoms in total. The van der Waals surface area contributed by atoms with E-state index in [1.807, 2.05) is 4.90 Å². The lowest BCUT2D eigenvalue weighted by atomic mass is 10.0. The fourth-order valence-corrected chi connectivity index (χ4v) is 5.58. The zero-order chi connectivity index (χ0) is 23.6. The molecular weight excluding hydrogens is 425 g/mol. The predicted octanol–water partition coefficient (Wildman–Crippen LogP) is 0.731. The van der Waals surface area contributed by atoms with Gasteiger partial charge in [-0.1, -0.05) is 0 Å². The summed E-state index contributed by atoms with van der Waals surface area (Å²) in [5.74, 6) is 1.02. The molecule has 4 heterocycles. The Morgan fingerprint density at radius 2 is 1.94 bits per heavy atom. The van der Waals surface area contributed by atoms with Gasteiger partial charge in [-0.05, 0) is 42.9 Å². The summed E-state index contributed by atoms with van der Waals surface area (Å²) in [6.45, 7) is 4.09. The zero-order valence-electron chi connectivity index (χ0n) is 18.5. The molecule has 174 valence electrons. The first-order valence-corrected chi connectivity index (χ1v) is 11.3. The number of aryl methyl sites for hydroxylation is 1. The third kappa shape index (κ3) is 3.50. The minimum Gasteiger partial charge on any atom is -0.477 e. The number of nitrogens with two attached hydrogens (primary N) is 2. The number of hydrogen-bond acceptors (Lipinski definition) is 6. The number of carboxylic acid groups (broad SMARTS) is 1. The average molecular weight is 454 g/mol. The van der Waals surface area contributed by atoms with Crippen molar-refractivity contribution in [1.29, 1.82) is 0 Å². The summed E-state index contributed by atoms with van der Waals surface area (Å²) in [7, 11) is 0. The first-order chi connectivity index (χ1) is 15.7. The maximum atomic E-state index is 15.5. The van der Waals surface area contributed by atoms with E-state index in [4.69, 9.17) is 17.9 Å². The number of aromatic nitrogens is 1. The Morgan fingerprint density at radius 1 is 1.21 bits per heavy atom. The number of nitrogens with zero attached hydrogens (tertiary/aromatic N) is 3. The molecule has 3 aliphatic rings. The molecule has 0 bridgehead atoms. The third-order valence-electron chi connectivity index (χ3n) is 7.42. The number of rotatable bonds is 4. The number of carboxylic acids is 1. The van der Waals surface area contributed by atoms with Gasteiger partial charge in [0.1, 0.15) is 5.56 Å². The molecule has 4 atom stereocenters. The number of carbonyl (C=O) groups is 1. The molecule has 2 aliphatic heterocycles. The van der Waals surface area contributed by atoms with Crippen LogP contribution in [-0.2, 0) is 0 Å². The van der Waals surface area contributed by atoms with Crippen LogP contribution in [0.4, 0.5) is 10.1 Å². The van der Waals surface area contributed by atoms with Crippen molar-refractivity contribution in [2.75, 3.05) is 31.1 Å². The Hall–Kier alpha value is -2.93. The van der Waals surface area contributed by atoms with Crippen molar-refractivity contribution < 1.29 is 14.3 Å². The normalized spacial score (nSPS) is 27.9. The molecular formula is C24H28FN5O3. The number of terminal acetylenes is 1. The fourth-order valence-electron chi connectivity index (χ4n) is 5.58. The Kier molecular flexibility index (Phi) is 5.20. The molecule has 2 unspecified atom stereocenters. The van der Waals surface area contributed by atoms with E-state index in [2.05, 4.69) is 10.8 Å². The number of hydrogen-bond donors (Lipinski definition) is 3. The van der Waals surface area contributed by atoms with Crippen LogP contribution in [-0.4, -0.2) is 64.7 Å². The topological polar surface area (TPSA) is 117 Å². The highest BCUT2D eigenvalue weighted by Gasteiger charge is 2.41. The van der Waals surface area contributed by atoms with Gasteiger partial charge in [0.15, 0.2) is 5.82 Å². The van der Waals surface area contributed by atoms with Crippen molar-refractivity contribution in [3.63, 3.8) is 0 Å².